The van der Waals surface area contributed by atoms with E-state index in [1.165, 1.54) is 5.56 Å². The Morgan fingerprint density at radius 1 is 1.35 bits per heavy atom. The highest BCUT2D eigenvalue weighted by Gasteiger charge is 2.27. The van der Waals surface area contributed by atoms with Crippen LogP contribution in [0.1, 0.15) is 30.7 Å². The number of likely N-dealkylation sites (tertiary alicyclic amines) is 1. The summed E-state index contributed by atoms with van der Waals surface area (Å²) >= 11 is 0. The Kier molecular flexibility index (Phi) is 3.97. The molecule has 1 aliphatic heterocycles. The highest BCUT2D eigenvalue weighted by molar-refractivity contribution is 5.48. The van der Waals surface area contributed by atoms with E-state index in [1.807, 2.05) is 17.0 Å². The monoisotopic (exact) mass is 229 g/mol. The zero-order chi connectivity index (χ0) is 12.1. The van der Waals surface area contributed by atoms with Crippen LogP contribution in [-0.2, 0) is 4.79 Å². The third-order valence-electron chi connectivity index (χ3n) is 3.61. The van der Waals surface area contributed by atoms with Gasteiger partial charge in [0, 0.05) is 12.6 Å². The fourth-order valence-corrected chi connectivity index (χ4v) is 2.66. The van der Waals surface area contributed by atoms with Gasteiger partial charge in [-0.3, -0.25) is 4.79 Å². The average Bonchev–Trinajstić information content (AvgIpc) is 2.40. The molecule has 1 aromatic carbocycles. The van der Waals surface area contributed by atoms with Crippen molar-refractivity contribution < 1.29 is 4.79 Å². The van der Waals surface area contributed by atoms with Crippen molar-refractivity contribution in [3.8, 4) is 0 Å². The Labute approximate surface area is 103 Å². The minimum Gasteiger partial charge on any atom is -0.342 e. The molecule has 0 aliphatic carbocycles. The normalized spacial score (nSPS) is 24.4. The van der Waals surface area contributed by atoms with E-state index in [4.69, 9.17) is 0 Å². The maximum Gasteiger partial charge on any atom is 0.209 e. The van der Waals surface area contributed by atoms with Crippen LogP contribution in [0.5, 0.6) is 0 Å². The summed E-state index contributed by atoms with van der Waals surface area (Å²) < 4.78 is 0. The van der Waals surface area contributed by atoms with Crippen molar-refractivity contribution in [3.05, 3.63) is 48.6 Å². The molecule has 2 unspecified atom stereocenters. The molecule has 0 spiro atoms. The summed E-state index contributed by atoms with van der Waals surface area (Å²) in [5.41, 5.74) is 1.40. The number of carbonyl (C=O) groups is 1. The summed E-state index contributed by atoms with van der Waals surface area (Å²) in [6, 6.07) is 10.9. The predicted octanol–water partition coefficient (Wildman–Crippen LogP) is 2.97. The van der Waals surface area contributed by atoms with Crippen LogP contribution in [0.2, 0.25) is 0 Å². The second-order valence-electron chi connectivity index (χ2n) is 4.65. The number of piperidine rings is 1. The number of hydrogen-bond donors (Lipinski definition) is 0. The molecule has 0 radical (unpaired) electrons. The van der Waals surface area contributed by atoms with Crippen LogP contribution in [-0.4, -0.2) is 23.9 Å². The summed E-state index contributed by atoms with van der Waals surface area (Å²) in [7, 11) is 0. The van der Waals surface area contributed by atoms with E-state index in [0.717, 1.165) is 32.2 Å². The van der Waals surface area contributed by atoms with Crippen molar-refractivity contribution in [2.75, 3.05) is 6.54 Å². The van der Waals surface area contributed by atoms with Gasteiger partial charge in [-0.1, -0.05) is 36.4 Å². The van der Waals surface area contributed by atoms with Crippen LogP contribution < -0.4 is 0 Å². The van der Waals surface area contributed by atoms with Crippen LogP contribution >= 0.6 is 0 Å². The van der Waals surface area contributed by atoms with Crippen molar-refractivity contribution >= 4 is 6.41 Å². The number of hydrogen-bond acceptors (Lipinski definition) is 1. The Hall–Kier alpha value is -1.57. The minimum absolute atomic E-state index is 0.323. The van der Waals surface area contributed by atoms with Gasteiger partial charge in [0.2, 0.25) is 6.41 Å². The van der Waals surface area contributed by atoms with Crippen molar-refractivity contribution in [1.29, 1.82) is 0 Å². The highest BCUT2D eigenvalue weighted by Crippen LogP contribution is 2.32. The topological polar surface area (TPSA) is 20.3 Å². The Morgan fingerprint density at radius 3 is 2.76 bits per heavy atom. The van der Waals surface area contributed by atoms with Gasteiger partial charge in [0.15, 0.2) is 0 Å². The van der Waals surface area contributed by atoms with Gasteiger partial charge in [-0.25, -0.2) is 0 Å². The molecule has 0 saturated carbocycles. The van der Waals surface area contributed by atoms with Gasteiger partial charge in [0.05, 0.1) is 0 Å². The zero-order valence-corrected chi connectivity index (χ0v) is 10.1. The first-order valence-electron chi connectivity index (χ1n) is 6.22. The molecule has 2 heteroatoms. The lowest BCUT2D eigenvalue weighted by Crippen LogP contribution is -2.40. The Bertz CT molecular complexity index is 374. The number of nitrogens with zero attached hydrogens (tertiary/aromatic N) is 1. The molecule has 1 aromatic rings. The van der Waals surface area contributed by atoms with Gasteiger partial charge in [0.25, 0.3) is 0 Å². The average molecular weight is 229 g/mol. The van der Waals surface area contributed by atoms with E-state index in [1.54, 1.807) is 0 Å². The van der Waals surface area contributed by atoms with E-state index in [2.05, 4.69) is 30.8 Å². The van der Waals surface area contributed by atoms with Crippen LogP contribution in [0.25, 0.3) is 0 Å². The van der Waals surface area contributed by atoms with Crippen molar-refractivity contribution in [2.45, 2.75) is 31.2 Å². The molecular weight excluding hydrogens is 210 g/mol. The molecule has 2 nitrogen and oxygen atoms in total. The zero-order valence-electron chi connectivity index (χ0n) is 10.1. The molecule has 1 aliphatic rings. The SMILES string of the molecule is C=CCC1CC(c2ccccc2)CCN1C=O. The molecular formula is C15H19NO. The van der Waals surface area contributed by atoms with E-state index in [0.29, 0.717) is 12.0 Å². The molecule has 0 aromatic heterocycles. The predicted molar refractivity (Wildman–Crippen MR) is 69.8 cm³/mol. The molecule has 0 bridgehead atoms. The molecule has 0 N–H and O–H groups in total. The molecule has 90 valence electrons. The number of benzene rings is 1. The second kappa shape index (κ2) is 5.67. The van der Waals surface area contributed by atoms with Gasteiger partial charge in [0.1, 0.15) is 0 Å². The first kappa shape index (κ1) is 11.9. The molecule has 2 rings (SSSR count). The minimum atomic E-state index is 0.323. The fraction of sp³-hybridized carbons (Fsp3) is 0.400. The number of carbonyl (C=O) groups excluding carboxylic acids is 1. The lowest BCUT2D eigenvalue weighted by Gasteiger charge is -2.37. The van der Waals surface area contributed by atoms with E-state index in [9.17, 15) is 4.79 Å². The van der Waals surface area contributed by atoms with Crippen LogP contribution in [0.4, 0.5) is 0 Å². The van der Waals surface area contributed by atoms with Gasteiger partial charge in [-0.2, -0.15) is 0 Å². The maximum atomic E-state index is 11.0. The molecule has 1 heterocycles. The third kappa shape index (κ3) is 2.76. The summed E-state index contributed by atoms with van der Waals surface area (Å²) in [6.45, 7) is 4.64. The summed E-state index contributed by atoms with van der Waals surface area (Å²) in [5.74, 6) is 0.581. The molecule has 2 atom stereocenters. The Balaban J connectivity index is 2.08. The first-order chi connectivity index (χ1) is 8.35. The van der Waals surface area contributed by atoms with Crippen molar-refractivity contribution in [2.24, 2.45) is 0 Å². The van der Waals surface area contributed by atoms with Gasteiger partial charge in [-0.05, 0) is 30.7 Å². The molecule has 1 saturated heterocycles. The third-order valence-corrected chi connectivity index (χ3v) is 3.61. The Morgan fingerprint density at radius 2 is 2.12 bits per heavy atom. The standard InChI is InChI=1S/C15H19NO/c1-2-6-15-11-14(9-10-16(15)12-17)13-7-4-3-5-8-13/h2-5,7-8,12,14-15H,1,6,9-11H2. The lowest BCUT2D eigenvalue weighted by molar-refractivity contribution is -0.121. The lowest BCUT2D eigenvalue weighted by atomic mass is 9.84. The largest absolute Gasteiger partial charge is 0.342 e. The number of rotatable bonds is 4. The highest BCUT2D eigenvalue weighted by atomic mass is 16.1. The smallest absolute Gasteiger partial charge is 0.209 e. The van der Waals surface area contributed by atoms with Gasteiger partial charge < -0.3 is 4.90 Å². The van der Waals surface area contributed by atoms with Crippen LogP contribution in [0.15, 0.2) is 43.0 Å². The molecule has 1 amide bonds. The fourth-order valence-electron chi connectivity index (χ4n) is 2.66. The number of amides is 1. The van der Waals surface area contributed by atoms with Gasteiger partial charge in [-0.15, -0.1) is 6.58 Å². The van der Waals surface area contributed by atoms with E-state index >= 15 is 0 Å². The quantitative estimate of drug-likeness (QED) is 0.574. The second-order valence-corrected chi connectivity index (χ2v) is 4.65. The maximum absolute atomic E-state index is 11.0. The van der Waals surface area contributed by atoms with E-state index in [-0.39, 0.29) is 0 Å². The molecule has 17 heavy (non-hydrogen) atoms. The van der Waals surface area contributed by atoms with Crippen LogP contribution in [0, 0.1) is 0 Å². The first-order valence-corrected chi connectivity index (χ1v) is 6.22. The van der Waals surface area contributed by atoms with Gasteiger partial charge >= 0.3 is 0 Å². The van der Waals surface area contributed by atoms with Crippen LogP contribution in [0.3, 0.4) is 0 Å². The molecule has 1 fully saturated rings. The van der Waals surface area contributed by atoms with E-state index < -0.39 is 0 Å². The van der Waals surface area contributed by atoms with Crippen molar-refractivity contribution in [3.63, 3.8) is 0 Å². The summed E-state index contributed by atoms with van der Waals surface area (Å²) in [6.07, 6.45) is 5.90. The summed E-state index contributed by atoms with van der Waals surface area (Å²) in [4.78, 5) is 12.9. The summed E-state index contributed by atoms with van der Waals surface area (Å²) in [5, 5.41) is 0. The van der Waals surface area contributed by atoms with Crippen molar-refractivity contribution in [1.82, 2.24) is 4.90 Å².